The summed E-state index contributed by atoms with van der Waals surface area (Å²) in [5.41, 5.74) is 0.0329. The van der Waals surface area contributed by atoms with Crippen molar-refractivity contribution in [2.75, 3.05) is 0 Å². The largest absolute Gasteiger partial charge is 0.429 e. The summed E-state index contributed by atoms with van der Waals surface area (Å²) in [4.78, 5) is 0. The van der Waals surface area contributed by atoms with Crippen LogP contribution in [0.1, 0.15) is 133 Å². The van der Waals surface area contributed by atoms with Gasteiger partial charge in [-0.05, 0) is 92.0 Å². The lowest BCUT2D eigenvalue weighted by Gasteiger charge is -2.38. The van der Waals surface area contributed by atoms with E-state index in [2.05, 4.69) is 6.92 Å². The maximum atomic E-state index is 14.5. The molecule has 2 aromatic carbocycles. The molecular weight excluding hydrogens is 531 g/mol. The maximum absolute atomic E-state index is 14.5. The molecule has 0 aromatic heterocycles. The number of ether oxygens (including phenoxy) is 1. The highest BCUT2D eigenvalue weighted by molar-refractivity contribution is 5.31. The van der Waals surface area contributed by atoms with Crippen LogP contribution in [0.25, 0.3) is 0 Å². The zero-order valence-electron chi connectivity index (χ0n) is 24.6. The molecule has 2 saturated carbocycles. The van der Waals surface area contributed by atoms with E-state index in [0.717, 1.165) is 36.2 Å². The van der Waals surface area contributed by atoms with Crippen LogP contribution in [0.4, 0.5) is 22.0 Å². The van der Waals surface area contributed by atoms with E-state index in [9.17, 15) is 22.0 Å². The first-order valence-corrected chi connectivity index (χ1v) is 16.1. The summed E-state index contributed by atoms with van der Waals surface area (Å²) in [5, 5.41) is 0. The number of unbranched alkanes of at least 4 members (excludes halogenated alkanes) is 7. The Kier molecular flexibility index (Phi) is 11.9. The van der Waals surface area contributed by atoms with Crippen molar-refractivity contribution in [2.24, 2.45) is 17.8 Å². The predicted octanol–water partition coefficient (Wildman–Crippen LogP) is 11.8. The Labute approximate surface area is 243 Å². The highest BCUT2D eigenvalue weighted by Crippen LogP contribution is 2.45. The van der Waals surface area contributed by atoms with E-state index < -0.39 is 29.1 Å². The Morgan fingerprint density at radius 3 is 1.76 bits per heavy atom. The normalized spacial score (nSPS) is 23.5. The van der Waals surface area contributed by atoms with Gasteiger partial charge in [0.05, 0.1) is 5.56 Å². The van der Waals surface area contributed by atoms with Crippen molar-refractivity contribution in [3.05, 3.63) is 65.0 Å². The van der Waals surface area contributed by atoms with Gasteiger partial charge < -0.3 is 4.74 Å². The first-order valence-electron chi connectivity index (χ1n) is 16.1. The fourth-order valence-corrected chi connectivity index (χ4v) is 7.18. The van der Waals surface area contributed by atoms with Crippen LogP contribution in [-0.4, -0.2) is 0 Å². The van der Waals surface area contributed by atoms with Gasteiger partial charge in [0, 0.05) is 0 Å². The standard InChI is InChI=1S/C35H47F5O/c1-2-3-4-5-6-7-8-9-10-25-11-13-26(14-12-25)27-15-17-28(18-16-27)29-19-21-31(22-20-29)41-35(39,40)30-23-32(36)34(38)33(37)24-30/h19-28H,2-18H2,1H3. The van der Waals surface area contributed by atoms with Gasteiger partial charge in [0.25, 0.3) is 0 Å². The summed E-state index contributed by atoms with van der Waals surface area (Å²) in [6.45, 7) is 2.27. The van der Waals surface area contributed by atoms with Gasteiger partial charge in [-0.1, -0.05) is 89.7 Å². The average molecular weight is 579 g/mol. The maximum Gasteiger partial charge on any atom is 0.426 e. The highest BCUT2D eigenvalue weighted by atomic mass is 19.3. The molecule has 0 atom stereocenters. The summed E-state index contributed by atoms with van der Waals surface area (Å²) in [6.07, 6.45) is 18.7. The average Bonchev–Trinajstić information content (AvgIpc) is 2.97. The molecule has 2 fully saturated rings. The molecule has 0 radical (unpaired) electrons. The second-order valence-electron chi connectivity index (χ2n) is 12.6. The molecule has 0 bridgehead atoms. The Balaban J connectivity index is 1.16. The minimum absolute atomic E-state index is 0.110. The smallest absolute Gasteiger partial charge is 0.426 e. The molecular formula is C35H47F5O. The lowest BCUT2D eigenvalue weighted by atomic mass is 9.68. The molecule has 0 unspecified atom stereocenters. The van der Waals surface area contributed by atoms with E-state index in [4.69, 9.17) is 4.74 Å². The van der Waals surface area contributed by atoms with E-state index in [1.165, 1.54) is 108 Å². The lowest BCUT2D eigenvalue weighted by Crippen LogP contribution is -2.25. The third kappa shape index (κ3) is 9.19. The van der Waals surface area contributed by atoms with E-state index in [1.54, 1.807) is 12.1 Å². The predicted molar refractivity (Wildman–Crippen MR) is 155 cm³/mol. The van der Waals surface area contributed by atoms with Gasteiger partial charge in [-0.2, -0.15) is 8.78 Å². The molecule has 6 heteroatoms. The van der Waals surface area contributed by atoms with Crippen molar-refractivity contribution in [3.8, 4) is 5.75 Å². The number of alkyl halides is 2. The van der Waals surface area contributed by atoms with Crippen molar-refractivity contribution >= 4 is 0 Å². The first-order chi connectivity index (χ1) is 19.8. The van der Waals surface area contributed by atoms with Crippen molar-refractivity contribution in [3.63, 3.8) is 0 Å². The Bertz CT molecular complexity index is 1030. The van der Waals surface area contributed by atoms with Crippen LogP contribution in [0.15, 0.2) is 36.4 Å². The van der Waals surface area contributed by atoms with Crippen LogP contribution in [-0.2, 0) is 6.11 Å². The van der Waals surface area contributed by atoms with Gasteiger partial charge in [0.2, 0.25) is 0 Å². The monoisotopic (exact) mass is 578 g/mol. The Morgan fingerprint density at radius 2 is 1.20 bits per heavy atom. The topological polar surface area (TPSA) is 9.23 Å². The molecule has 4 rings (SSSR count). The first kappa shape index (κ1) is 31.8. The molecule has 0 heterocycles. The fourth-order valence-electron chi connectivity index (χ4n) is 7.18. The van der Waals surface area contributed by atoms with Crippen molar-refractivity contribution in [1.29, 1.82) is 0 Å². The molecule has 1 nitrogen and oxygen atoms in total. The molecule has 0 saturated heterocycles. The van der Waals surface area contributed by atoms with Crippen molar-refractivity contribution in [2.45, 2.75) is 128 Å². The highest BCUT2D eigenvalue weighted by Gasteiger charge is 2.37. The van der Waals surface area contributed by atoms with Gasteiger partial charge in [0.15, 0.2) is 17.5 Å². The Hall–Kier alpha value is -2.11. The summed E-state index contributed by atoms with van der Waals surface area (Å²) >= 11 is 0. The molecule has 2 aliphatic carbocycles. The van der Waals surface area contributed by atoms with Crippen LogP contribution in [0.5, 0.6) is 5.75 Å². The minimum Gasteiger partial charge on any atom is -0.429 e. The zero-order chi connectivity index (χ0) is 29.2. The molecule has 2 aromatic rings. The molecule has 0 N–H and O–H groups in total. The number of rotatable bonds is 14. The second kappa shape index (κ2) is 15.4. The summed E-state index contributed by atoms with van der Waals surface area (Å²) in [5.74, 6) is -2.27. The molecule has 2 aliphatic rings. The van der Waals surface area contributed by atoms with Crippen molar-refractivity contribution in [1.82, 2.24) is 0 Å². The summed E-state index contributed by atoms with van der Waals surface area (Å²) < 4.78 is 73.8. The lowest BCUT2D eigenvalue weighted by molar-refractivity contribution is -0.185. The van der Waals surface area contributed by atoms with Crippen LogP contribution < -0.4 is 4.74 Å². The quantitative estimate of drug-likeness (QED) is 0.123. The fraction of sp³-hybridized carbons (Fsp3) is 0.657. The molecule has 0 amide bonds. The van der Waals surface area contributed by atoms with Crippen LogP contribution in [0, 0.1) is 35.2 Å². The Morgan fingerprint density at radius 1 is 0.683 bits per heavy atom. The third-order valence-electron chi connectivity index (χ3n) is 9.71. The van der Waals surface area contributed by atoms with E-state index in [-0.39, 0.29) is 17.9 Å². The molecule has 228 valence electrons. The molecule has 0 aliphatic heterocycles. The van der Waals surface area contributed by atoms with Gasteiger partial charge in [-0.3, -0.25) is 0 Å². The van der Waals surface area contributed by atoms with Crippen LogP contribution in [0.2, 0.25) is 0 Å². The van der Waals surface area contributed by atoms with E-state index >= 15 is 0 Å². The molecule has 41 heavy (non-hydrogen) atoms. The van der Waals surface area contributed by atoms with Gasteiger partial charge in [0.1, 0.15) is 5.75 Å². The summed E-state index contributed by atoms with van der Waals surface area (Å²) in [7, 11) is 0. The van der Waals surface area contributed by atoms with E-state index in [1.807, 2.05) is 0 Å². The van der Waals surface area contributed by atoms with E-state index in [0.29, 0.717) is 5.92 Å². The number of benzene rings is 2. The van der Waals surface area contributed by atoms with Gasteiger partial charge >= 0.3 is 6.11 Å². The van der Waals surface area contributed by atoms with Gasteiger partial charge in [-0.25, -0.2) is 13.2 Å². The minimum atomic E-state index is -4.00. The zero-order valence-corrected chi connectivity index (χ0v) is 24.6. The van der Waals surface area contributed by atoms with Crippen LogP contribution in [0.3, 0.4) is 0 Å². The second-order valence-corrected chi connectivity index (χ2v) is 12.6. The van der Waals surface area contributed by atoms with Crippen LogP contribution >= 0.6 is 0 Å². The number of hydrogen-bond donors (Lipinski definition) is 0. The third-order valence-corrected chi connectivity index (χ3v) is 9.71. The number of halogens is 5. The summed E-state index contributed by atoms with van der Waals surface area (Å²) in [6, 6.07) is 7.07. The molecule has 0 spiro atoms. The number of hydrogen-bond acceptors (Lipinski definition) is 1. The van der Waals surface area contributed by atoms with Crippen molar-refractivity contribution < 1.29 is 26.7 Å². The SMILES string of the molecule is CCCCCCCCCCC1CCC(C2CCC(c3ccc(OC(F)(F)c4cc(F)c(F)c(F)c4)cc3)CC2)CC1. The van der Waals surface area contributed by atoms with Gasteiger partial charge in [-0.15, -0.1) is 0 Å².